The van der Waals surface area contributed by atoms with Crippen molar-refractivity contribution in [3.63, 3.8) is 0 Å². The average molecular weight is 656 g/mol. The molecule has 51 heavy (non-hydrogen) atoms. The second-order valence-corrected chi connectivity index (χ2v) is 12.9. The third-order valence-electron chi connectivity index (χ3n) is 10.0. The van der Waals surface area contributed by atoms with Crippen LogP contribution < -0.4 is 5.56 Å². The molecule has 7 aromatic carbocycles. The Hall–Kier alpha value is -7.05. The average Bonchev–Trinajstić information content (AvgIpc) is 3.75. The van der Waals surface area contributed by atoms with E-state index in [1.807, 2.05) is 91.0 Å². The smallest absolute Gasteiger partial charge is 0.267 e. The van der Waals surface area contributed by atoms with Crippen LogP contribution in [0.15, 0.2) is 165 Å². The fraction of sp³-hybridized carbons (Fsp3) is 0. The first-order chi connectivity index (χ1) is 25.2. The minimum absolute atomic E-state index is 0.141. The Labute approximate surface area is 289 Å². The lowest BCUT2D eigenvalue weighted by Gasteiger charge is -2.13. The van der Waals surface area contributed by atoms with Crippen LogP contribution in [0, 0.1) is 0 Å². The summed E-state index contributed by atoms with van der Waals surface area (Å²) in [6.45, 7) is 0. The van der Waals surface area contributed by atoms with Crippen molar-refractivity contribution in [3.05, 3.63) is 162 Å². The number of nitrogens with zero attached hydrogens (tertiary/aromatic N) is 3. The van der Waals surface area contributed by atoms with Crippen molar-refractivity contribution >= 4 is 71.5 Å². The second-order valence-electron chi connectivity index (χ2n) is 12.9. The minimum Gasteiger partial charge on any atom is -0.456 e. The van der Waals surface area contributed by atoms with Crippen LogP contribution in [0.3, 0.4) is 0 Å². The highest BCUT2D eigenvalue weighted by atomic mass is 16.3. The molecule has 4 heterocycles. The number of aromatic nitrogens is 3. The molecule has 0 spiro atoms. The molecular weight excluding hydrogens is 631 g/mol. The van der Waals surface area contributed by atoms with Gasteiger partial charge in [0.05, 0.1) is 22.1 Å². The summed E-state index contributed by atoms with van der Waals surface area (Å²) in [7, 11) is 0. The first kappa shape index (κ1) is 27.9. The monoisotopic (exact) mass is 655 g/mol. The molecule has 4 aromatic heterocycles. The molecule has 0 amide bonds. The molecule has 238 valence electrons. The van der Waals surface area contributed by atoms with Crippen LogP contribution in [0.25, 0.3) is 105 Å². The van der Waals surface area contributed by atoms with Crippen molar-refractivity contribution in [1.82, 2.24) is 14.4 Å². The molecule has 0 aliphatic carbocycles. The normalized spacial score (nSPS) is 12.0. The van der Waals surface area contributed by atoms with Crippen molar-refractivity contribution in [2.24, 2.45) is 0 Å². The fourth-order valence-corrected chi connectivity index (χ4v) is 7.63. The molecule has 6 heteroatoms. The topological polar surface area (TPSA) is 73.5 Å². The molecule has 0 unspecified atom stereocenters. The number of fused-ring (bicyclic) bond motifs is 10. The predicted octanol–water partition coefficient (Wildman–Crippen LogP) is 11.2. The summed E-state index contributed by atoms with van der Waals surface area (Å²) in [6.07, 6.45) is 0. The molecule has 0 aliphatic heterocycles. The Morgan fingerprint density at radius 1 is 0.451 bits per heavy atom. The van der Waals surface area contributed by atoms with Crippen LogP contribution in [0.2, 0.25) is 0 Å². The van der Waals surface area contributed by atoms with Crippen molar-refractivity contribution in [2.75, 3.05) is 0 Å². The highest BCUT2D eigenvalue weighted by Crippen LogP contribution is 2.41. The predicted molar refractivity (Wildman–Crippen MR) is 205 cm³/mol. The molecular formula is C45H25N3O3. The molecule has 0 radical (unpaired) electrons. The van der Waals surface area contributed by atoms with E-state index >= 15 is 0 Å². The SMILES string of the molecule is O=c1c2ccccc2nc2nc(-c3ccccc3)c3cc(-c4cccc5oc6ccc(-c7ccc8oc9ccccc9c8c7)cc6c45)ccc3n12. The van der Waals surface area contributed by atoms with E-state index in [4.69, 9.17) is 18.8 Å². The van der Waals surface area contributed by atoms with Crippen LogP contribution in [-0.2, 0) is 0 Å². The van der Waals surface area contributed by atoms with E-state index in [1.54, 1.807) is 4.40 Å². The van der Waals surface area contributed by atoms with Gasteiger partial charge in [0.25, 0.3) is 5.56 Å². The zero-order valence-corrected chi connectivity index (χ0v) is 27.0. The van der Waals surface area contributed by atoms with E-state index in [0.29, 0.717) is 16.7 Å². The Kier molecular flexibility index (Phi) is 5.72. The lowest BCUT2D eigenvalue weighted by molar-refractivity contribution is 0.668. The highest BCUT2D eigenvalue weighted by Gasteiger charge is 2.19. The maximum Gasteiger partial charge on any atom is 0.267 e. The molecule has 0 atom stereocenters. The van der Waals surface area contributed by atoms with Gasteiger partial charge < -0.3 is 8.83 Å². The Morgan fingerprint density at radius 2 is 1.10 bits per heavy atom. The van der Waals surface area contributed by atoms with Crippen LogP contribution in [0.4, 0.5) is 0 Å². The summed E-state index contributed by atoms with van der Waals surface area (Å²) < 4.78 is 14.2. The summed E-state index contributed by atoms with van der Waals surface area (Å²) in [6, 6.07) is 50.8. The molecule has 0 fully saturated rings. The maximum absolute atomic E-state index is 13.9. The standard InChI is InChI=1S/C45H25N3O3/c49-44-32-12-4-6-14-36(32)46-45-47-43(26-9-2-1-3-10-26)34-25-29(17-20-37(34)48(44)45)30-13-8-16-41-42(30)35-24-28(19-22-40(35)51-41)27-18-21-39-33(23-27)31-11-5-7-15-38(31)50-39/h1-25H. The van der Waals surface area contributed by atoms with Gasteiger partial charge in [-0.1, -0.05) is 91.0 Å². The molecule has 0 bridgehead atoms. The van der Waals surface area contributed by atoms with Crippen molar-refractivity contribution < 1.29 is 8.83 Å². The van der Waals surface area contributed by atoms with Gasteiger partial charge in [-0.3, -0.25) is 4.79 Å². The zero-order valence-electron chi connectivity index (χ0n) is 27.0. The summed E-state index contributed by atoms with van der Waals surface area (Å²) in [5, 5.41) is 5.67. The number of para-hydroxylation sites is 2. The summed E-state index contributed by atoms with van der Waals surface area (Å²) in [5.41, 5.74) is 10.5. The largest absolute Gasteiger partial charge is 0.456 e. The van der Waals surface area contributed by atoms with E-state index in [0.717, 1.165) is 88.3 Å². The summed E-state index contributed by atoms with van der Waals surface area (Å²) in [4.78, 5) is 23.8. The zero-order chi connectivity index (χ0) is 33.6. The van der Waals surface area contributed by atoms with Gasteiger partial charge in [-0.25, -0.2) is 14.4 Å². The summed E-state index contributed by atoms with van der Waals surface area (Å²) >= 11 is 0. The second kappa shape index (κ2) is 10.5. The molecule has 11 rings (SSSR count). The Morgan fingerprint density at radius 3 is 1.96 bits per heavy atom. The molecule has 0 N–H and O–H groups in total. The number of rotatable bonds is 3. The summed E-state index contributed by atoms with van der Waals surface area (Å²) in [5.74, 6) is 0.370. The minimum atomic E-state index is -0.141. The number of benzene rings is 7. The van der Waals surface area contributed by atoms with Gasteiger partial charge >= 0.3 is 0 Å². The third-order valence-corrected chi connectivity index (χ3v) is 10.0. The maximum atomic E-state index is 13.9. The van der Waals surface area contributed by atoms with Gasteiger partial charge in [-0.05, 0) is 82.9 Å². The van der Waals surface area contributed by atoms with Crippen LogP contribution in [0.5, 0.6) is 0 Å². The molecule has 0 aliphatic rings. The van der Waals surface area contributed by atoms with E-state index in [1.165, 1.54) is 0 Å². The molecule has 6 nitrogen and oxygen atoms in total. The fourth-order valence-electron chi connectivity index (χ4n) is 7.63. The lowest BCUT2D eigenvalue weighted by atomic mass is 9.95. The van der Waals surface area contributed by atoms with Gasteiger partial charge in [0.2, 0.25) is 5.78 Å². The lowest BCUT2D eigenvalue weighted by Crippen LogP contribution is -2.17. The molecule has 0 saturated heterocycles. The Bertz CT molecular complexity index is 3280. The van der Waals surface area contributed by atoms with Crippen molar-refractivity contribution in [1.29, 1.82) is 0 Å². The van der Waals surface area contributed by atoms with Crippen LogP contribution in [0.1, 0.15) is 0 Å². The van der Waals surface area contributed by atoms with Crippen molar-refractivity contribution in [3.8, 4) is 33.5 Å². The van der Waals surface area contributed by atoms with Crippen LogP contribution in [-0.4, -0.2) is 14.4 Å². The van der Waals surface area contributed by atoms with Gasteiger partial charge in [-0.2, -0.15) is 0 Å². The van der Waals surface area contributed by atoms with E-state index < -0.39 is 0 Å². The number of furan rings is 2. The van der Waals surface area contributed by atoms with Gasteiger partial charge in [-0.15, -0.1) is 0 Å². The quantitative estimate of drug-likeness (QED) is 0.140. The van der Waals surface area contributed by atoms with Crippen molar-refractivity contribution in [2.45, 2.75) is 0 Å². The van der Waals surface area contributed by atoms with E-state index in [2.05, 4.69) is 60.7 Å². The third kappa shape index (κ3) is 4.14. The van der Waals surface area contributed by atoms with E-state index in [9.17, 15) is 4.79 Å². The Balaban J connectivity index is 1.15. The van der Waals surface area contributed by atoms with E-state index in [-0.39, 0.29) is 5.56 Å². The first-order valence-corrected chi connectivity index (χ1v) is 16.9. The van der Waals surface area contributed by atoms with Crippen LogP contribution >= 0.6 is 0 Å². The van der Waals surface area contributed by atoms with Gasteiger partial charge in [0, 0.05) is 32.5 Å². The van der Waals surface area contributed by atoms with Gasteiger partial charge in [0.15, 0.2) is 0 Å². The molecule has 0 saturated carbocycles. The van der Waals surface area contributed by atoms with Gasteiger partial charge in [0.1, 0.15) is 22.3 Å². The highest BCUT2D eigenvalue weighted by molar-refractivity contribution is 6.14. The number of hydrogen-bond donors (Lipinski definition) is 0. The number of hydrogen-bond acceptors (Lipinski definition) is 5. The first-order valence-electron chi connectivity index (χ1n) is 16.9. The molecule has 11 aromatic rings.